The van der Waals surface area contributed by atoms with Gasteiger partial charge in [0.1, 0.15) is 18.1 Å². The van der Waals surface area contributed by atoms with E-state index in [4.69, 9.17) is 4.42 Å². The third-order valence-corrected chi connectivity index (χ3v) is 6.12. The van der Waals surface area contributed by atoms with Crippen LogP contribution in [0.5, 0.6) is 0 Å². The predicted octanol–water partition coefficient (Wildman–Crippen LogP) is 3.51. The van der Waals surface area contributed by atoms with Gasteiger partial charge in [-0.2, -0.15) is 0 Å². The number of fused-ring (bicyclic) bond motifs is 1. The highest BCUT2D eigenvalue weighted by atomic mass is 19.1. The first-order chi connectivity index (χ1) is 18.9. The number of para-hydroxylation sites is 1. The molecule has 0 saturated heterocycles. The Bertz CT molecular complexity index is 1760. The molecule has 2 heterocycles. The molecule has 5 rings (SSSR count). The Labute approximate surface area is 221 Å². The topological polar surface area (TPSA) is 115 Å². The van der Waals surface area contributed by atoms with E-state index in [2.05, 4.69) is 10.6 Å². The first kappa shape index (κ1) is 25.4. The van der Waals surface area contributed by atoms with Crippen LogP contribution in [0.3, 0.4) is 0 Å². The highest BCUT2D eigenvalue weighted by Gasteiger charge is 2.16. The Balaban J connectivity index is 1.39. The van der Waals surface area contributed by atoms with Crippen molar-refractivity contribution in [2.75, 3.05) is 5.32 Å². The summed E-state index contributed by atoms with van der Waals surface area (Å²) in [4.78, 5) is 51.9. The molecule has 0 saturated carbocycles. The van der Waals surface area contributed by atoms with E-state index in [0.29, 0.717) is 28.1 Å². The molecule has 2 N–H and O–H groups in total. The van der Waals surface area contributed by atoms with E-state index in [1.54, 1.807) is 60.7 Å². The number of hydrogen-bond donors (Lipinski definition) is 2. The molecule has 0 aliphatic carbocycles. The molecule has 10 heteroatoms. The molecule has 0 aliphatic rings. The van der Waals surface area contributed by atoms with Crippen LogP contribution < -0.4 is 21.9 Å². The summed E-state index contributed by atoms with van der Waals surface area (Å²) in [6.45, 7) is -0.170. The van der Waals surface area contributed by atoms with Gasteiger partial charge in [-0.25, -0.2) is 9.18 Å². The maximum Gasteiger partial charge on any atom is 0.332 e. The second-order valence-corrected chi connectivity index (χ2v) is 8.79. The van der Waals surface area contributed by atoms with Gasteiger partial charge in [-0.05, 0) is 66.2 Å². The SMILES string of the molecule is O=C(Cn1c(=O)n(Cc2ccc(C(=O)NCc3ccco3)cc2)c(=O)c2ccccc21)Nc1ccc(F)cc1. The van der Waals surface area contributed by atoms with Crippen molar-refractivity contribution >= 4 is 28.4 Å². The maximum atomic E-state index is 13.4. The summed E-state index contributed by atoms with van der Waals surface area (Å²) in [6, 6.07) is 21.8. The van der Waals surface area contributed by atoms with E-state index in [-0.39, 0.29) is 30.9 Å². The third-order valence-electron chi connectivity index (χ3n) is 6.12. The number of carbonyl (C=O) groups excluding carboxylic acids is 2. The number of halogens is 1. The summed E-state index contributed by atoms with van der Waals surface area (Å²) in [5.74, 6) is -0.623. The summed E-state index contributed by atoms with van der Waals surface area (Å²) in [6.07, 6.45) is 1.52. The molecule has 0 radical (unpaired) electrons. The number of aromatic nitrogens is 2. The number of nitrogens with zero attached hydrogens (tertiary/aromatic N) is 2. The maximum absolute atomic E-state index is 13.4. The van der Waals surface area contributed by atoms with Gasteiger partial charge >= 0.3 is 5.69 Å². The van der Waals surface area contributed by atoms with Gasteiger partial charge < -0.3 is 15.1 Å². The summed E-state index contributed by atoms with van der Waals surface area (Å²) in [5.41, 5.74) is 0.571. The van der Waals surface area contributed by atoms with Crippen molar-refractivity contribution in [1.29, 1.82) is 0 Å². The fourth-order valence-electron chi connectivity index (χ4n) is 4.17. The van der Waals surface area contributed by atoms with Gasteiger partial charge in [-0.1, -0.05) is 24.3 Å². The number of hydrogen-bond acceptors (Lipinski definition) is 5. The minimum absolute atomic E-state index is 0.0592. The number of carbonyl (C=O) groups is 2. The van der Waals surface area contributed by atoms with Gasteiger partial charge in [-0.15, -0.1) is 0 Å². The number of benzene rings is 3. The zero-order valence-corrected chi connectivity index (χ0v) is 20.6. The third kappa shape index (κ3) is 5.69. The zero-order chi connectivity index (χ0) is 27.4. The van der Waals surface area contributed by atoms with Crippen LogP contribution in [0.25, 0.3) is 10.9 Å². The van der Waals surface area contributed by atoms with E-state index in [9.17, 15) is 23.6 Å². The van der Waals surface area contributed by atoms with Crippen molar-refractivity contribution in [2.24, 2.45) is 0 Å². The molecule has 2 aromatic heterocycles. The van der Waals surface area contributed by atoms with Gasteiger partial charge in [0, 0.05) is 11.3 Å². The number of anilines is 1. The molecule has 0 atom stereocenters. The molecule has 0 aliphatic heterocycles. The molecule has 0 fully saturated rings. The molecule has 0 unspecified atom stereocenters. The fraction of sp³-hybridized carbons (Fsp3) is 0.103. The zero-order valence-electron chi connectivity index (χ0n) is 20.6. The summed E-state index contributed by atoms with van der Waals surface area (Å²) < 4.78 is 20.7. The highest BCUT2D eigenvalue weighted by Crippen LogP contribution is 2.12. The Morgan fingerprint density at radius 3 is 2.31 bits per heavy atom. The van der Waals surface area contributed by atoms with Crippen molar-refractivity contribution in [1.82, 2.24) is 14.5 Å². The molecule has 2 amide bonds. The second-order valence-electron chi connectivity index (χ2n) is 8.79. The first-order valence-electron chi connectivity index (χ1n) is 12.1. The van der Waals surface area contributed by atoms with Crippen LogP contribution in [0.15, 0.2) is 105 Å². The molecular formula is C29H23FN4O5. The Morgan fingerprint density at radius 2 is 1.59 bits per heavy atom. The van der Waals surface area contributed by atoms with E-state index < -0.39 is 23.0 Å². The summed E-state index contributed by atoms with van der Waals surface area (Å²) in [7, 11) is 0. The quantitative estimate of drug-likeness (QED) is 0.321. The Kier molecular flexibility index (Phi) is 7.17. The van der Waals surface area contributed by atoms with Crippen LogP contribution in [-0.2, 0) is 24.4 Å². The van der Waals surface area contributed by atoms with E-state index in [1.807, 2.05) is 0 Å². The Morgan fingerprint density at radius 1 is 0.846 bits per heavy atom. The van der Waals surface area contributed by atoms with Crippen LogP contribution in [-0.4, -0.2) is 20.9 Å². The van der Waals surface area contributed by atoms with Gasteiger partial charge in [-0.3, -0.25) is 23.5 Å². The summed E-state index contributed by atoms with van der Waals surface area (Å²) >= 11 is 0. The lowest BCUT2D eigenvalue weighted by molar-refractivity contribution is -0.116. The van der Waals surface area contributed by atoms with Crippen molar-refractivity contribution in [3.05, 3.63) is 135 Å². The first-order valence-corrected chi connectivity index (χ1v) is 12.1. The van der Waals surface area contributed by atoms with Crippen LogP contribution in [0.1, 0.15) is 21.7 Å². The molecule has 39 heavy (non-hydrogen) atoms. The standard InChI is InChI=1S/C29H23FN4O5/c30-21-11-13-22(14-12-21)32-26(35)18-33-25-6-2-1-5-24(25)28(37)34(29(33)38)17-19-7-9-20(10-8-19)27(36)31-16-23-4-3-15-39-23/h1-15H,16-18H2,(H,31,36)(H,32,35). The lowest BCUT2D eigenvalue weighted by atomic mass is 10.1. The minimum atomic E-state index is -0.659. The molecule has 0 bridgehead atoms. The predicted molar refractivity (Wildman–Crippen MR) is 143 cm³/mol. The van der Waals surface area contributed by atoms with E-state index in [0.717, 1.165) is 4.57 Å². The lowest BCUT2D eigenvalue weighted by Crippen LogP contribution is -2.42. The minimum Gasteiger partial charge on any atom is -0.467 e. The lowest BCUT2D eigenvalue weighted by Gasteiger charge is -2.14. The van der Waals surface area contributed by atoms with Crippen molar-refractivity contribution < 1.29 is 18.4 Å². The summed E-state index contributed by atoms with van der Waals surface area (Å²) in [5, 5.41) is 5.67. The fourth-order valence-corrected chi connectivity index (χ4v) is 4.17. The van der Waals surface area contributed by atoms with E-state index >= 15 is 0 Å². The molecule has 9 nitrogen and oxygen atoms in total. The molecule has 5 aromatic rings. The number of rotatable bonds is 8. The van der Waals surface area contributed by atoms with Crippen LogP contribution in [0.4, 0.5) is 10.1 Å². The smallest absolute Gasteiger partial charge is 0.332 e. The van der Waals surface area contributed by atoms with Crippen LogP contribution >= 0.6 is 0 Å². The second kappa shape index (κ2) is 11.0. The van der Waals surface area contributed by atoms with Crippen molar-refractivity contribution in [3.63, 3.8) is 0 Å². The number of furan rings is 1. The molecular weight excluding hydrogens is 503 g/mol. The monoisotopic (exact) mass is 526 g/mol. The van der Waals surface area contributed by atoms with Crippen LogP contribution in [0.2, 0.25) is 0 Å². The average Bonchev–Trinajstić information content (AvgIpc) is 3.47. The normalized spacial score (nSPS) is 10.9. The van der Waals surface area contributed by atoms with Gasteiger partial charge in [0.15, 0.2) is 0 Å². The van der Waals surface area contributed by atoms with Crippen molar-refractivity contribution in [3.8, 4) is 0 Å². The van der Waals surface area contributed by atoms with Crippen molar-refractivity contribution in [2.45, 2.75) is 19.6 Å². The van der Waals surface area contributed by atoms with E-state index in [1.165, 1.54) is 35.1 Å². The average molecular weight is 527 g/mol. The molecule has 0 spiro atoms. The molecule has 196 valence electrons. The largest absolute Gasteiger partial charge is 0.467 e. The highest BCUT2D eigenvalue weighted by molar-refractivity contribution is 5.94. The van der Waals surface area contributed by atoms with Gasteiger partial charge in [0.25, 0.3) is 11.5 Å². The number of nitrogens with one attached hydrogen (secondary N) is 2. The molecule has 3 aromatic carbocycles. The van der Waals surface area contributed by atoms with Gasteiger partial charge in [0.2, 0.25) is 5.91 Å². The van der Waals surface area contributed by atoms with Crippen LogP contribution in [0, 0.1) is 5.82 Å². The van der Waals surface area contributed by atoms with Gasteiger partial charge in [0.05, 0.1) is 30.3 Å². The number of amides is 2. The Hall–Kier alpha value is -5.25.